The lowest BCUT2D eigenvalue weighted by Crippen LogP contribution is -2.30. The second-order valence-corrected chi connectivity index (χ2v) is 5.12. The monoisotopic (exact) mass is 228 g/mol. The molecule has 2 heteroatoms. The van der Waals surface area contributed by atoms with E-state index in [9.17, 15) is 0 Å². The van der Waals surface area contributed by atoms with Gasteiger partial charge in [0.15, 0.2) is 0 Å². The van der Waals surface area contributed by atoms with E-state index in [0.717, 1.165) is 12.6 Å². The molecular weight excluding hydrogens is 208 g/mol. The first-order chi connectivity index (χ1) is 8.42. The molecule has 2 nitrogen and oxygen atoms in total. The highest BCUT2D eigenvalue weighted by Crippen LogP contribution is 2.18. The molecule has 17 heavy (non-hydrogen) atoms. The van der Waals surface area contributed by atoms with Crippen LogP contribution in [0.1, 0.15) is 37.7 Å². The summed E-state index contributed by atoms with van der Waals surface area (Å²) in [5, 5.41) is 4.98. The number of nitrogens with one attached hydrogen (secondary N) is 2. The molecule has 2 aromatic rings. The first-order valence-electron chi connectivity index (χ1n) is 6.71. The average molecular weight is 228 g/mol. The maximum absolute atomic E-state index is 3.68. The van der Waals surface area contributed by atoms with Gasteiger partial charge in [-0.15, -0.1) is 0 Å². The summed E-state index contributed by atoms with van der Waals surface area (Å²) < 4.78 is 0. The van der Waals surface area contributed by atoms with Crippen LogP contribution in [0, 0.1) is 0 Å². The molecule has 1 aromatic carbocycles. The van der Waals surface area contributed by atoms with Gasteiger partial charge >= 0.3 is 0 Å². The lowest BCUT2D eigenvalue weighted by atomic mass is 9.95. The number of rotatable bonds is 3. The highest BCUT2D eigenvalue weighted by atomic mass is 14.9. The molecule has 3 rings (SSSR count). The van der Waals surface area contributed by atoms with Crippen molar-refractivity contribution < 1.29 is 0 Å². The molecule has 0 unspecified atom stereocenters. The maximum atomic E-state index is 3.68. The van der Waals surface area contributed by atoms with Crippen LogP contribution in [0.15, 0.2) is 30.5 Å². The van der Waals surface area contributed by atoms with Crippen molar-refractivity contribution in [3.8, 4) is 0 Å². The number of aromatic amines is 1. The summed E-state index contributed by atoms with van der Waals surface area (Å²) in [7, 11) is 0. The van der Waals surface area contributed by atoms with Crippen LogP contribution in [-0.4, -0.2) is 11.0 Å². The van der Waals surface area contributed by atoms with Gasteiger partial charge < -0.3 is 10.3 Å². The van der Waals surface area contributed by atoms with E-state index in [1.165, 1.54) is 48.6 Å². The Kier molecular flexibility index (Phi) is 3.14. The van der Waals surface area contributed by atoms with E-state index in [1.54, 1.807) is 0 Å². The van der Waals surface area contributed by atoms with Crippen LogP contribution in [0.25, 0.3) is 10.9 Å². The van der Waals surface area contributed by atoms with Crippen molar-refractivity contribution in [1.29, 1.82) is 0 Å². The molecule has 0 spiro atoms. The van der Waals surface area contributed by atoms with Gasteiger partial charge in [0.1, 0.15) is 0 Å². The fourth-order valence-electron chi connectivity index (χ4n) is 2.77. The van der Waals surface area contributed by atoms with Crippen molar-refractivity contribution in [3.63, 3.8) is 0 Å². The molecule has 2 N–H and O–H groups in total. The number of H-pyrrole nitrogens is 1. The van der Waals surface area contributed by atoms with E-state index >= 15 is 0 Å². The molecule has 1 heterocycles. The first-order valence-corrected chi connectivity index (χ1v) is 6.71. The molecule has 0 amide bonds. The van der Waals surface area contributed by atoms with Gasteiger partial charge in [0.2, 0.25) is 0 Å². The van der Waals surface area contributed by atoms with Crippen molar-refractivity contribution in [2.75, 3.05) is 0 Å². The van der Waals surface area contributed by atoms with Crippen molar-refractivity contribution in [3.05, 3.63) is 36.0 Å². The predicted octanol–water partition coefficient (Wildman–Crippen LogP) is 3.59. The zero-order valence-electron chi connectivity index (χ0n) is 10.2. The minimum absolute atomic E-state index is 0.739. The van der Waals surface area contributed by atoms with E-state index in [-0.39, 0.29) is 0 Å². The number of hydrogen-bond acceptors (Lipinski definition) is 1. The Morgan fingerprint density at radius 3 is 2.88 bits per heavy atom. The summed E-state index contributed by atoms with van der Waals surface area (Å²) in [4.78, 5) is 3.27. The zero-order chi connectivity index (χ0) is 11.5. The molecular formula is C15H20N2. The number of hydrogen-bond donors (Lipinski definition) is 2. The Morgan fingerprint density at radius 2 is 2.00 bits per heavy atom. The number of aromatic nitrogens is 1. The molecule has 0 saturated heterocycles. The maximum Gasteiger partial charge on any atom is 0.0457 e. The second kappa shape index (κ2) is 4.92. The van der Waals surface area contributed by atoms with Crippen LogP contribution in [0.4, 0.5) is 0 Å². The van der Waals surface area contributed by atoms with Crippen LogP contribution in [0.3, 0.4) is 0 Å². The third-order valence-electron chi connectivity index (χ3n) is 3.82. The number of benzene rings is 1. The van der Waals surface area contributed by atoms with Crippen LogP contribution in [0.5, 0.6) is 0 Å². The summed E-state index contributed by atoms with van der Waals surface area (Å²) in [6, 6.07) is 9.54. The van der Waals surface area contributed by atoms with Gasteiger partial charge in [0, 0.05) is 24.3 Å². The van der Waals surface area contributed by atoms with E-state index in [2.05, 4.69) is 34.6 Å². The van der Waals surface area contributed by atoms with Crippen molar-refractivity contribution in [2.24, 2.45) is 0 Å². The summed E-state index contributed by atoms with van der Waals surface area (Å²) in [6.45, 7) is 1.000. The standard InChI is InChI=1S/C15H20N2/c1-2-4-14(5-3-1)17-11-12-6-7-13-8-9-16-15(13)10-12/h6-10,14,16-17H,1-5,11H2. The topological polar surface area (TPSA) is 27.8 Å². The van der Waals surface area contributed by atoms with Crippen LogP contribution in [-0.2, 0) is 6.54 Å². The van der Waals surface area contributed by atoms with Crippen LogP contribution >= 0.6 is 0 Å². The lowest BCUT2D eigenvalue weighted by molar-refractivity contribution is 0.372. The van der Waals surface area contributed by atoms with Gasteiger partial charge in [-0.05, 0) is 35.9 Å². The van der Waals surface area contributed by atoms with Crippen molar-refractivity contribution >= 4 is 10.9 Å². The quantitative estimate of drug-likeness (QED) is 0.825. The van der Waals surface area contributed by atoms with Gasteiger partial charge in [-0.2, -0.15) is 0 Å². The Hall–Kier alpha value is -1.28. The average Bonchev–Trinajstić information content (AvgIpc) is 2.85. The zero-order valence-corrected chi connectivity index (χ0v) is 10.2. The van der Waals surface area contributed by atoms with Gasteiger partial charge in [-0.25, -0.2) is 0 Å². The molecule has 1 fully saturated rings. The minimum atomic E-state index is 0.739. The molecule has 1 aromatic heterocycles. The molecule has 0 aliphatic heterocycles. The first kappa shape index (κ1) is 10.8. The summed E-state index contributed by atoms with van der Waals surface area (Å²) in [5.74, 6) is 0. The highest BCUT2D eigenvalue weighted by Gasteiger charge is 2.12. The Balaban J connectivity index is 1.63. The van der Waals surface area contributed by atoms with Crippen molar-refractivity contribution in [2.45, 2.75) is 44.7 Å². The third-order valence-corrected chi connectivity index (χ3v) is 3.82. The molecule has 0 radical (unpaired) electrons. The van der Waals surface area contributed by atoms with Gasteiger partial charge in [0.05, 0.1) is 0 Å². The van der Waals surface area contributed by atoms with E-state index < -0.39 is 0 Å². The molecule has 1 saturated carbocycles. The largest absolute Gasteiger partial charge is 0.361 e. The normalized spacial score (nSPS) is 17.6. The van der Waals surface area contributed by atoms with E-state index in [1.807, 2.05) is 6.20 Å². The van der Waals surface area contributed by atoms with E-state index in [0.29, 0.717) is 0 Å². The SMILES string of the molecule is c1cc2ccc(CNC3CCCCC3)cc2[nH]1. The summed E-state index contributed by atoms with van der Waals surface area (Å²) >= 11 is 0. The lowest BCUT2D eigenvalue weighted by Gasteiger charge is -2.22. The van der Waals surface area contributed by atoms with Gasteiger partial charge in [-0.3, -0.25) is 0 Å². The molecule has 1 aliphatic rings. The molecule has 0 bridgehead atoms. The van der Waals surface area contributed by atoms with E-state index in [4.69, 9.17) is 0 Å². The minimum Gasteiger partial charge on any atom is -0.361 e. The van der Waals surface area contributed by atoms with Gasteiger partial charge in [-0.1, -0.05) is 31.4 Å². The fourth-order valence-corrected chi connectivity index (χ4v) is 2.77. The number of fused-ring (bicyclic) bond motifs is 1. The summed E-state index contributed by atoms with van der Waals surface area (Å²) in [6.07, 6.45) is 8.92. The van der Waals surface area contributed by atoms with Crippen molar-refractivity contribution in [1.82, 2.24) is 10.3 Å². The molecule has 90 valence electrons. The smallest absolute Gasteiger partial charge is 0.0457 e. The molecule has 1 aliphatic carbocycles. The highest BCUT2D eigenvalue weighted by molar-refractivity contribution is 5.79. The fraction of sp³-hybridized carbons (Fsp3) is 0.467. The van der Waals surface area contributed by atoms with Crippen LogP contribution in [0.2, 0.25) is 0 Å². The third kappa shape index (κ3) is 2.52. The molecule has 0 atom stereocenters. The Morgan fingerprint density at radius 1 is 1.12 bits per heavy atom. The summed E-state index contributed by atoms with van der Waals surface area (Å²) in [5.41, 5.74) is 2.62. The van der Waals surface area contributed by atoms with Gasteiger partial charge in [0.25, 0.3) is 0 Å². The Bertz CT molecular complexity index is 480. The van der Waals surface area contributed by atoms with Crippen LogP contribution < -0.4 is 5.32 Å². The predicted molar refractivity (Wildman–Crippen MR) is 72.0 cm³/mol. The Labute approximate surface area is 102 Å². The second-order valence-electron chi connectivity index (χ2n) is 5.12.